The van der Waals surface area contributed by atoms with Gasteiger partial charge in [0.15, 0.2) is 0 Å². The van der Waals surface area contributed by atoms with E-state index in [0.29, 0.717) is 30.4 Å². The number of fused-ring (bicyclic) bond motifs is 1. The fourth-order valence-corrected chi connectivity index (χ4v) is 4.45. The first-order chi connectivity index (χ1) is 13.1. The van der Waals surface area contributed by atoms with Crippen LogP contribution in [0.2, 0.25) is 0 Å². The molecule has 9 heteroatoms. The summed E-state index contributed by atoms with van der Waals surface area (Å²) >= 11 is 0. The summed E-state index contributed by atoms with van der Waals surface area (Å²) in [6.07, 6.45) is 6.16. The molecule has 4 heterocycles. The predicted octanol–water partition coefficient (Wildman–Crippen LogP) is 0.591. The standard InChI is InChI=1S/C18H24N6O3/c1-13-14(22-27-21-13)10-16(26)24-8-2-5-18(12-25)11-23(9-4-15(18)24)17-19-6-3-7-20-17/h3,6-7,15,25H,2,4-5,8-12H2,1H3/t15-,18-/m0/s1. The van der Waals surface area contributed by atoms with Crippen LogP contribution in [-0.4, -0.2) is 68.5 Å². The third kappa shape index (κ3) is 3.27. The first-order valence-electron chi connectivity index (χ1n) is 9.33. The van der Waals surface area contributed by atoms with E-state index < -0.39 is 0 Å². The van der Waals surface area contributed by atoms with Gasteiger partial charge >= 0.3 is 0 Å². The fourth-order valence-electron chi connectivity index (χ4n) is 4.45. The van der Waals surface area contributed by atoms with Crippen LogP contribution in [-0.2, 0) is 11.2 Å². The van der Waals surface area contributed by atoms with Crippen LogP contribution in [0.3, 0.4) is 0 Å². The maximum absolute atomic E-state index is 13.0. The Morgan fingerprint density at radius 1 is 1.33 bits per heavy atom. The molecule has 2 aromatic rings. The first kappa shape index (κ1) is 17.8. The van der Waals surface area contributed by atoms with E-state index in [1.807, 2.05) is 4.90 Å². The molecule has 1 N–H and O–H groups in total. The molecular weight excluding hydrogens is 348 g/mol. The molecule has 0 spiro atoms. The van der Waals surface area contributed by atoms with E-state index >= 15 is 0 Å². The third-order valence-electron chi connectivity index (χ3n) is 5.87. The molecule has 0 bridgehead atoms. The van der Waals surface area contributed by atoms with Gasteiger partial charge < -0.3 is 14.9 Å². The normalized spacial score (nSPS) is 25.3. The Bertz CT molecular complexity index is 797. The number of aliphatic hydroxyl groups is 1. The quantitative estimate of drug-likeness (QED) is 0.831. The van der Waals surface area contributed by atoms with Gasteiger partial charge in [-0.05, 0) is 32.3 Å². The molecule has 0 aliphatic carbocycles. The van der Waals surface area contributed by atoms with Crippen molar-refractivity contribution < 1.29 is 14.5 Å². The van der Waals surface area contributed by atoms with Crippen molar-refractivity contribution in [2.45, 2.75) is 38.6 Å². The Labute approximate surface area is 157 Å². The van der Waals surface area contributed by atoms with Crippen LogP contribution in [0.4, 0.5) is 5.95 Å². The van der Waals surface area contributed by atoms with Crippen molar-refractivity contribution in [2.75, 3.05) is 31.1 Å². The summed E-state index contributed by atoms with van der Waals surface area (Å²) in [5.74, 6) is 0.692. The minimum absolute atomic E-state index is 0.00359. The zero-order valence-corrected chi connectivity index (χ0v) is 15.4. The lowest BCUT2D eigenvalue weighted by molar-refractivity contribution is -0.142. The molecular formula is C18H24N6O3. The number of hydrogen-bond acceptors (Lipinski definition) is 8. The van der Waals surface area contributed by atoms with Crippen molar-refractivity contribution in [1.29, 1.82) is 0 Å². The van der Waals surface area contributed by atoms with Gasteiger partial charge in [0.25, 0.3) is 0 Å². The highest BCUT2D eigenvalue weighted by Crippen LogP contribution is 2.42. The highest BCUT2D eigenvalue weighted by Gasteiger charge is 2.49. The molecule has 0 unspecified atom stereocenters. The summed E-state index contributed by atoms with van der Waals surface area (Å²) in [6.45, 7) is 3.93. The van der Waals surface area contributed by atoms with E-state index in [9.17, 15) is 9.90 Å². The highest BCUT2D eigenvalue weighted by molar-refractivity contribution is 5.79. The van der Waals surface area contributed by atoms with Gasteiger partial charge in [0.1, 0.15) is 11.4 Å². The summed E-state index contributed by atoms with van der Waals surface area (Å²) in [4.78, 5) is 25.7. The number of piperidine rings is 2. The van der Waals surface area contributed by atoms with Crippen molar-refractivity contribution in [3.05, 3.63) is 29.8 Å². The number of rotatable bonds is 4. The van der Waals surface area contributed by atoms with Crippen molar-refractivity contribution in [3.8, 4) is 0 Å². The number of likely N-dealkylation sites (tertiary alicyclic amines) is 1. The summed E-state index contributed by atoms with van der Waals surface area (Å²) in [7, 11) is 0. The lowest BCUT2D eigenvalue weighted by Crippen LogP contribution is -2.64. The molecule has 9 nitrogen and oxygen atoms in total. The first-order valence-corrected chi connectivity index (χ1v) is 9.33. The maximum Gasteiger partial charge on any atom is 0.229 e. The van der Waals surface area contributed by atoms with Gasteiger partial charge in [-0.25, -0.2) is 14.6 Å². The fraction of sp³-hybridized carbons (Fsp3) is 0.611. The van der Waals surface area contributed by atoms with Crippen LogP contribution in [0.25, 0.3) is 0 Å². The van der Waals surface area contributed by atoms with E-state index in [1.54, 1.807) is 25.4 Å². The van der Waals surface area contributed by atoms with E-state index in [4.69, 9.17) is 4.63 Å². The molecule has 2 fully saturated rings. The number of aryl methyl sites for hydroxylation is 1. The van der Waals surface area contributed by atoms with Crippen molar-refractivity contribution in [2.24, 2.45) is 5.41 Å². The largest absolute Gasteiger partial charge is 0.396 e. The number of anilines is 1. The minimum Gasteiger partial charge on any atom is -0.396 e. The monoisotopic (exact) mass is 372 g/mol. The maximum atomic E-state index is 13.0. The van der Waals surface area contributed by atoms with E-state index in [0.717, 1.165) is 25.8 Å². The highest BCUT2D eigenvalue weighted by atomic mass is 16.6. The molecule has 0 saturated carbocycles. The smallest absolute Gasteiger partial charge is 0.229 e. The van der Waals surface area contributed by atoms with Gasteiger partial charge in [0.2, 0.25) is 11.9 Å². The molecule has 27 heavy (non-hydrogen) atoms. The lowest BCUT2D eigenvalue weighted by Gasteiger charge is -2.54. The molecule has 2 aliphatic rings. The van der Waals surface area contributed by atoms with Gasteiger partial charge in [-0.3, -0.25) is 4.79 Å². The average Bonchev–Trinajstić information content (AvgIpc) is 3.12. The molecule has 2 atom stereocenters. The summed E-state index contributed by atoms with van der Waals surface area (Å²) in [5.41, 5.74) is 0.864. The number of hydrogen-bond donors (Lipinski definition) is 1. The SMILES string of the molecule is Cc1nonc1CC(=O)N1CCC[C@@]2(CO)CN(c3ncccn3)CC[C@H]12. The Morgan fingerprint density at radius 3 is 2.85 bits per heavy atom. The van der Waals surface area contributed by atoms with Crippen molar-refractivity contribution >= 4 is 11.9 Å². The summed E-state index contributed by atoms with van der Waals surface area (Å²) in [5, 5.41) is 17.9. The van der Waals surface area contributed by atoms with Crippen LogP contribution in [0.1, 0.15) is 30.7 Å². The van der Waals surface area contributed by atoms with Crippen molar-refractivity contribution in [3.63, 3.8) is 0 Å². The zero-order valence-electron chi connectivity index (χ0n) is 15.4. The molecule has 1 amide bonds. The topological polar surface area (TPSA) is 108 Å². The average molecular weight is 372 g/mol. The van der Waals surface area contributed by atoms with E-state index in [2.05, 4.69) is 25.2 Å². The predicted molar refractivity (Wildman–Crippen MR) is 95.9 cm³/mol. The van der Waals surface area contributed by atoms with E-state index in [-0.39, 0.29) is 30.4 Å². The summed E-state index contributed by atoms with van der Waals surface area (Å²) < 4.78 is 4.71. The van der Waals surface area contributed by atoms with Gasteiger partial charge in [-0.1, -0.05) is 10.3 Å². The Morgan fingerprint density at radius 2 is 2.15 bits per heavy atom. The zero-order chi connectivity index (χ0) is 18.9. The van der Waals surface area contributed by atoms with Crippen LogP contribution in [0.15, 0.2) is 23.1 Å². The molecule has 2 saturated heterocycles. The number of amides is 1. The molecule has 0 radical (unpaired) electrons. The van der Waals surface area contributed by atoms with Gasteiger partial charge in [-0.15, -0.1) is 0 Å². The number of nitrogens with zero attached hydrogens (tertiary/aromatic N) is 6. The Hall–Kier alpha value is -2.55. The van der Waals surface area contributed by atoms with Crippen LogP contribution in [0, 0.1) is 12.3 Å². The second-order valence-corrected chi connectivity index (χ2v) is 7.46. The number of carbonyl (C=O) groups excluding carboxylic acids is 1. The van der Waals surface area contributed by atoms with Gasteiger partial charge in [-0.2, -0.15) is 0 Å². The van der Waals surface area contributed by atoms with E-state index in [1.165, 1.54) is 0 Å². The van der Waals surface area contributed by atoms with Crippen LogP contribution >= 0.6 is 0 Å². The van der Waals surface area contributed by atoms with Crippen LogP contribution < -0.4 is 4.90 Å². The third-order valence-corrected chi connectivity index (χ3v) is 5.87. The Balaban J connectivity index is 1.54. The number of carbonyl (C=O) groups is 1. The second-order valence-electron chi connectivity index (χ2n) is 7.46. The Kier molecular flexibility index (Phi) is 4.77. The molecule has 144 valence electrons. The van der Waals surface area contributed by atoms with Gasteiger partial charge in [0.05, 0.1) is 13.0 Å². The molecule has 0 aromatic carbocycles. The molecule has 2 aromatic heterocycles. The number of aromatic nitrogens is 4. The lowest BCUT2D eigenvalue weighted by atomic mass is 9.69. The van der Waals surface area contributed by atoms with Crippen LogP contribution in [0.5, 0.6) is 0 Å². The van der Waals surface area contributed by atoms with Crippen molar-refractivity contribution in [1.82, 2.24) is 25.2 Å². The molecule has 4 rings (SSSR count). The minimum atomic E-state index is -0.359. The number of aliphatic hydroxyl groups excluding tert-OH is 1. The summed E-state index contributed by atoms with van der Waals surface area (Å²) in [6, 6.07) is 1.80. The molecule has 2 aliphatic heterocycles. The van der Waals surface area contributed by atoms with Gasteiger partial charge in [0, 0.05) is 43.5 Å². The second kappa shape index (κ2) is 7.22.